The van der Waals surface area contributed by atoms with E-state index in [2.05, 4.69) is 25.5 Å². The molecule has 1 aliphatic carbocycles. The highest BCUT2D eigenvalue weighted by Gasteiger charge is 2.17. The van der Waals surface area contributed by atoms with Crippen LogP contribution in [0.4, 0.5) is 0 Å². The van der Waals surface area contributed by atoms with E-state index in [9.17, 15) is 0 Å². The van der Waals surface area contributed by atoms with E-state index in [1.165, 1.54) is 31.4 Å². The molecular weight excluding hydrogens is 178 g/mol. The van der Waals surface area contributed by atoms with E-state index < -0.39 is 0 Å². The smallest absolute Gasteiger partial charge is 0.0115 e. The van der Waals surface area contributed by atoms with Crippen LogP contribution >= 0.6 is 11.9 Å². The summed E-state index contributed by atoms with van der Waals surface area (Å²) >= 11 is 1.92. The van der Waals surface area contributed by atoms with Crippen LogP contribution in [-0.2, 0) is 0 Å². The summed E-state index contributed by atoms with van der Waals surface area (Å²) in [7, 11) is 0. The van der Waals surface area contributed by atoms with Gasteiger partial charge in [0.25, 0.3) is 0 Å². The lowest BCUT2D eigenvalue weighted by molar-refractivity contribution is 0.311. The van der Waals surface area contributed by atoms with E-state index in [0.29, 0.717) is 6.04 Å². The van der Waals surface area contributed by atoms with Gasteiger partial charge in [0.1, 0.15) is 0 Å². The first-order valence-corrected chi connectivity index (χ1v) is 6.54. The predicted molar refractivity (Wildman–Crippen MR) is 61.9 cm³/mol. The van der Waals surface area contributed by atoms with E-state index in [1.807, 2.05) is 11.9 Å². The van der Waals surface area contributed by atoms with Crippen molar-refractivity contribution in [3.05, 3.63) is 0 Å². The second-order valence-electron chi connectivity index (χ2n) is 4.71. The van der Waals surface area contributed by atoms with Crippen molar-refractivity contribution in [2.75, 3.05) is 5.75 Å². The van der Waals surface area contributed by atoms with Crippen molar-refractivity contribution in [2.45, 2.75) is 52.5 Å². The summed E-state index contributed by atoms with van der Waals surface area (Å²) in [5.74, 6) is 3.28. The van der Waals surface area contributed by atoms with Crippen LogP contribution in [0.2, 0.25) is 0 Å². The molecule has 1 nitrogen and oxygen atoms in total. The molecule has 0 atom stereocenters. The van der Waals surface area contributed by atoms with Crippen LogP contribution in [-0.4, -0.2) is 11.8 Å². The maximum atomic E-state index is 3.42. The van der Waals surface area contributed by atoms with Gasteiger partial charge in [-0.15, -0.1) is 0 Å². The minimum absolute atomic E-state index is 0.618. The highest BCUT2D eigenvalue weighted by atomic mass is 32.2. The van der Waals surface area contributed by atoms with Crippen molar-refractivity contribution in [3.63, 3.8) is 0 Å². The van der Waals surface area contributed by atoms with Gasteiger partial charge in [-0.1, -0.05) is 31.7 Å². The van der Waals surface area contributed by atoms with Crippen molar-refractivity contribution in [1.29, 1.82) is 0 Å². The van der Waals surface area contributed by atoms with Gasteiger partial charge in [-0.2, -0.15) is 0 Å². The van der Waals surface area contributed by atoms with Gasteiger partial charge in [0.15, 0.2) is 0 Å². The van der Waals surface area contributed by atoms with Crippen molar-refractivity contribution < 1.29 is 0 Å². The van der Waals surface area contributed by atoms with Crippen LogP contribution in [0.5, 0.6) is 0 Å². The zero-order valence-corrected chi connectivity index (χ0v) is 9.99. The Labute approximate surface area is 87.2 Å². The van der Waals surface area contributed by atoms with E-state index in [0.717, 1.165) is 11.8 Å². The van der Waals surface area contributed by atoms with E-state index in [-0.39, 0.29) is 0 Å². The molecule has 1 fully saturated rings. The van der Waals surface area contributed by atoms with Crippen LogP contribution in [0.25, 0.3) is 0 Å². The normalized spacial score (nSPS) is 29.5. The third-order valence-corrected chi connectivity index (χ3v) is 4.05. The average molecular weight is 201 g/mol. The minimum atomic E-state index is 0.618. The van der Waals surface area contributed by atoms with Gasteiger partial charge in [0.2, 0.25) is 0 Å². The predicted octanol–water partition coefficient (Wildman–Crippen LogP) is 3.46. The fraction of sp³-hybridized carbons (Fsp3) is 1.00. The van der Waals surface area contributed by atoms with Crippen LogP contribution in [0.15, 0.2) is 0 Å². The Kier molecular flexibility index (Phi) is 5.18. The molecule has 78 valence electrons. The number of hydrogen-bond acceptors (Lipinski definition) is 2. The molecule has 1 aliphatic rings. The van der Waals surface area contributed by atoms with Crippen molar-refractivity contribution in [2.24, 2.45) is 11.8 Å². The summed E-state index contributed by atoms with van der Waals surface area (Å²) in [5.41, 5.74) is 0. The van der Waals surface area contributed by atoms with Gasteiger partial charge in [-0.3, -0.25) is 4.72 Å². The second kappa shape index (κ2) is 5.92. The fourth-order valence-electron chi connectivity index (χ4n) is 1.83. The summed E-state index contributed by atoms with van der Waals surface area (Å²) in [5, 5.41) is 0. The van der Waals surface area contributed by atoms with Crippen LogP contribution < -0.4 is 4.72 Å². The fourth-order valence-corrected chi connectivity index (χ4v) is 2.83. The summed E-state index contributed by atoms with van der Waals surface area (Å²) in [6.07, 6.45) is 5.81. The van der Waals surface area contributed by atoms with Gasteiger partial charge in [-0.25, -0.2) is 0 Å². The molecule has 2 heteroatoms. The van der Waals surface area contributed by atoms with Crippen LogP contribution in [0, 0.1) is 11.8 Å². The Hall–Kier alpha value is 0.310. The van der Waals surface area contributed by atoms with Gasteiger partial charge < -0.3 is 0 Å². The van der Waals surface area contributed by atoms with Crippen molar-refractivity contribution >= 4 is 11.9 Å². The number of hydrogen-bond donors (Lipinski definition) is 1. The van der Waals surface area contributed by atoms with E-state index >= 15 is 0 Å². The van der Waals surface area contributed by atoms with Gasteiger partial charge in [-0.05, 0) is 38.5 Å². The largest absolute Gasteiger partial charge is 0.262 e. The third-order valence-electron chi connectivity index (χ3n) is 2.77. The molecule has 1 saturated carbocycles. The molecule has 0 bridgehead atoms. The van der Waals surface area contributed by atoms with Crippen LogP contribution in [0.3, 0.4) is 0 Å². The van der Waals surface area contributed by atoms with Crippen molar-refractivity contribution in [1.82, 2.24) is 4.72 Å². The lowest BCUT2D eigenvalue weighted by Crippen LogP contribution is -2.19. The number of rotatable bonds is 4. The zero-order valence-electron chi connectivity index (χ0n) is 9.18. The molecule has 0 aromatic heterocycles. The highest BCUT2D eigenvalue weighted by Crippen LogP contribution is 2.29. The Bertz CT molecular complexity index is 128. The van der Waals surface area contributed by atoms with Crippen LogP contribution in [0.1, 0.15) is 46.5 Å². The Morgan fingerprint density at radius 2 is 1.85 bits per heavy atom. The molecule has 0 amide bonds. The highest BCUT2D eigenvalue weighted by molar-refractivity contribution is 7.97. The van der Waals surface area contributed by atoms with Gasteiger partial charge >= 0.3 is 0 Å². The molecule has 1 rings (SSSR count). The molecule has 0 heterocycles. The molecule has 0 aliphatic heterocycles. The molecule has 0 aromatic carbocycles. The lowest BCUT2D eigenvalue weighted by Gasteiger charge is -2.25. The summed E-state index contributed by atoms with van der Waals surface area (Å²) in [6, 6.07) is 0.618. The average Bonchev–Trinajstić information content (AvgIpc) is 2.08. The SMILES string of the molecule is CC1CCC(CSNC(C)C)CC1. The quantitative estimate of drug-likeness (QED) is 0.699. The third kappa shape index (κ3) is 4.92. The number of nitrogens with one attached hydrogen (secondary N) is 1. The summed E-state index contributed by atoms with van der Waals surface area (Å²) < 4.78 is 3.42. The molecule has 13 heavy (non-hydrogen) atoms. The molecule has 0 saturated heterocycles. The minimum Gasteiger partial charge on any atom is -0.262 e. The molecule has 1 N–H and O–H groups in total. The molecule has 0 aromatic rings. The van der Waals surface area contributed by atoms with E-state index in [4.69, 9.17) is 0 Å². The topological polar surface area (TPSA) is 12.0 Å². The first-order chi connectivity index (χ1) is 6.18. The Morgan fingerprint density at radius 1 is 1.23 bits per heavy atom. The molecule has 0 radical (unpaired) electrons. The van der Waals surface area contributed by atoms with Gasteiger partial charge in [0.05, 0.1) is 0 Å². The van der Waals surface area contributed by atoms with Crippen molar-refractivity contribution in [3.8, 4) is 0 Å². The molecular formula is C11H23NS. The monoisotopic (exact) mass is 201 g/mol. The first-order valence-electron chi connectivity index (χ1n) is 5.55. The molecule has 0 unspecified atom stereocenters. The standard InChI is InChI=1S/C11H23NS/c1-9(2)12-13-8-11-6-4-10(3)5-7-11/h9-12H,4-8H2,1-3H3. The first kappa shape index (κ1) is 11.4. The maximum Gasteiger partial charge on any atom is 0.0115 e. The lowest BCUT2D eigenvalue weighted by atomic mass is 9.84. The molecule has 0 spiro atoms. The van der Waals surface area contributed by atoms with Gasteiger partial charge in [0, 0.05) is 11.8 Å². The summed E-state index contributed by atoms with van der Waals surface area (Å²) in [6.45, 7) is 6.79. The maximum absolute atomic E-state index is 3.42. The zero-order chi connectivity index (χ0) is 9.68. The second-order valence-corrected chi connectivity index (χ2v) is 5.57. The summed E-state index contributed by atoms with van der Waals surface area (Å²) in [4.78, 5) is 0. The van der Waals surface area contributed by atoms with E-state index in [1.54, 1.807) is 0 Å². The Morgan fingerprint density at radius 3 is 2.38 bits per heavy atom. The Balaban J connectivity index is 2.02.